The molecular formula is C17H18Cl2O. The van der Waals surface area contributed by atoms with Gasteiger partial charge in [-0.15, -0.1) is 0 Å². The van der Waals surface area contributed by atoms with Gasteiger partial charge in [0.15, 0.2) is 0 Å². The first-order valence-corrected chi connectivity index (χ1v) is 7.41. The zero-order valence-electron chi connectivity index (χ0n) is 11.9. The molecule has 0 unspecified atom stereocenters. The molecule has 0 aliphatic carbocycles. The molecule has 0 aromatic heterocycles. The molecule has 0 heterocycles. The molecule has 0 atom stereocenters. The molecule has 0 aliphatic rings. The van der Waals surface area contributed by atoms with Crippen LogP contribution in [0.25, 0.3) is 0 Å². The molecule has 0 saturated carbocycles. The molecule has 0 radical (unpaired) electrons. The van der Waals surface area contributed by atoms with E-state index < -0.39 is 0 Å². The van der Waals surface area contributed by atoms with Gasteiger partial charge in [-0.05, 0) is 42.2 Å². The van der Waals surface area contributed by atoms with E-state index in [-0.39, 0.29) is 0 Å². The Balaban J connectivity index is 2.20. The SMILES string of the molecule is Cc1ccc(C(C)C)cc1OCc1c(Cl)cccc1Cl. The van der Waals surface area contributed by atoms with Crippen LogP contribution in [0, 0.1) is 6.92 Å². The fraction of sp³-hybridized carbons (Fsp3) is 0.294. The van der Waals surface area contributed by atoms with Gasteiger partial charge in [0, 0.05) is 15.6 Å². The molecular weight excluding hydrogens is 291 g/mol. The van der Waals surface area contributed by atoms with Crippen LogP contribution in [0.15, 0.2) is 36.4 Å². The first-order chi connectivity index (χ1) is 9.49. The van der Waals surface area contributed by atoms with Crippen LogP contribution in [0.4, 0.5) is 0 Å². The first-order valence-electron chi connectivity index (χ1n) is 6.65. The number of hydrogen-bond donors (Lipinski definition) is 0. The number of halogens is 2. The Morgan fingerprint density at radius 2 is 1.70 bits per heavy atom. The Morgan fingerprint density at radius 1 is 1.05 bits per heavy atom. The molecule has 0 spiro atoms. The van der Waals surface area contributed by atoms with E-state index in [2.05, 4.69) is 32.0 Å². The van der Waals surface area contributed by atoms with E-state index in [1.807, 2.05) is 25.1 Å². The summed E-state index contributed by atoms with van der Waals surface area (Å²) in [6.07, 6.45) is 0. The van der Waals surface area contributed by atoms with Gasteiger partial charge >= 0.3 is 0 Å². The molecule has 3 heteroatoms. The van der Waals surface area contributed by atoms with Crippen LogP contribution in [0.3, 0.4) is 0 Å². The van der Waals surface area contributed by atoms with Gasteiger partial charge in [0.05, 0.1) is 0 Å². The second-order valence-corrected chi connectivity index (χ2v) is 5.98. The lowest BCUT2D eigenvalue weighted by Gasteiger charge is -2.14. The van der Waals surface area contributed by atoms with Crippen molar-refractivity contribution in [3.63, 3.8) is 0 Å². The second kappa shape index (κ2) is 6.51. The molecule has 0 N–H and O–H groups in total. The van der Waals surface area contributed by atoms with E-state index in [0.717, 1.165) is 16.9 Å². The minimum atomic E-state index is 0.376. The molecule has 1 nitrogen and oxygen atoms in total. The maximum absolute atomic E-state index is 6.15. The van der Waals surface area contributed by atoms with E-state index in [0.29, 0.717) is 22.6 Å². The molecule has 2 aromatic carbocycles. The van der Waals surface area contributed by atoms with Gasteiger partial charge < -0.3 is 4.74 Å². The monoisotopic (exact) mass is 308 g/mol. The lowest BCUT2D eigenvalue weighted by molar-refractivity contribution is 0.304. The van der Waals surface area contributed by atoms with Crippen molar-refractivity contribution >= 4 is 23.2 Å². The van der Waals surface area contributed by atoms with E-state index in [1.54, 1.807) is 0 Å². The zero-order valence-corrected chi connectivity index (χ0v) is 13.4. The largest absolute Gasteiger partial charge is 0.489 e. The molecule has 2 rings (SSSR count). The van der Waals surface area contributed by atoms with Crippen LogP contribution >= 0.6 is 23.2 Å². The predicted molar refractivity (Wildman–Crippen MR) is 86.1 cm³/mol. The van der Waals surface area contributed by atoms with Gasteiger partial charge in [-0.2, -0.15) is 0 Å². The van der Waals surface area contributed by atoms with Gasteiger partial charge in [0.1, 0.15) is 12.4 Å². The van der Waals surface area contributed by atoms with Gasteiger partial charge in [-0.3, -0.25) is 0 Å². The summed E-state index contributed by atoms with van der Waals surface area (Å²) < 4.78 is 5.91. The molecule has 0 saturated heterocycles. The average molecular weight is 309 g/mol. The topological polar surface area (TPSA) is 9.23 Å². The summed E-state index contributed by atoms with van der Waals surface area (Å²) in [5, 5.41) is 1.27. The summed E-state index contributed by atoms with van der Waals surface area (Å²) in [5.74, 6) is 1.36. The summed E-state index contributed by atoms with van der Waals surface area (Å²) in [5.41, 5.74) is 3.19. The Hall–Kier alpha value is -1.18. The summed E-state index contributed by atoms with van der Waals surface area (Å²) in [6.45, 7) is 6.74. The lowest BCUT2D eigenvalue weighted by Crippen LogP contribution is -2.00. The summed E-state index contributed by atoms with van der Waals surface area (Å²) >= 11 is 12.3. The lowest BCUT2D eigenvalue weighted by atomic mass is 10.0. The highest BCUT2D eigenvalue weighted by Crippen LogP contribution is 2.28. The minimum Gasteiger partial charge on any atom is -0.489 e. The normalized spacial score (nSPS) is 10.9. The Labute approximate surface area is 130 Å². The molecule has 106 valence electrons. The van der Waals surface area contributed by atoms with E-state index in [1.165, 1.54) is 5.56 Å². The van der Waals surface area contributed by atoms with Crippen molar-refractivity contribution in [2.45, 2.75) is 33.3 Å². The first kappa shape index (κ1) is 15.2. The van der Waals surface area contributed by atoms with Crippen LogP contribution in [0.2, 0.25) is 10.0 Å². The van der Waals surface area contributed by atoms with Crippen molar-refractivity contribution in [2.75, 3.05) is 0 Å². The van der Waals surface area contributed by atoms with E-state index in [9.17, 15) is 0 Å². The third-order valence-electron chi connectivity index (χ3n) is 3.31. The van der Waals surface area contributed by atoms with Crippen molar-refractivity contribution in [2.24, 2.45) is 0 Å². The van der Waals surface area contributed by atoms with Crippen LogP contribution < -0.4 is 4.74 Å². The van der Waals surface area contributed by atoms with Crippen LogP contribution in [0.5, 0.6) is 5.75 Å². The van der Waals surface area contributed by atoms with Gasteiger partial charge in [0.2, 0.25) is 0 Å². The third kappa shape index (κ3) is 3.47. The highest BCUT2D eigenvalue weighted by molar-refractivity contribution is 6.35. The van der Waals surface area contributed by atoms with Crippen molar-refractivity contribution in [1.82, 2.24) is 0 Å². The van der Waals surface area contributed by atoms with Gasteiger partial charge in [0.25, 0.3) is 0 Å². The summed E-state index contributed by atoms with van der Waals surface area (Å²) in [4.78, 5) is 0. The van der Waals surface area contributed by atoms with Crippen molar-refractivity contribution in [3.05, 3.63) is 63.1 Å². The zero-order chi connectivity index (χ0) is 14.7. The Morgan fingerprint density at radius 3 is 2.30 bits per heavy atom. The number of benzene rings is 2. The maximum Gasteiger partial charge on any atom is 0.123 e. The highest BCUT2D eigenvalue weighted by atomic mass is 35.5. The molecule has 0 fully saturated rings. The number of ether oxygens (including phenoxy) is 1. The highest BCUT2D eigenvalue weighted by Gasteiger charge is 2.09. The number of rotatable bonds is 4. The predicted octanol–water partition coefficient (Wildman–Crippen LogP) is 6.00. The number of hydrogen-bond acceptors (Lipinski definition) is 1. The second-order valence-electron chi connectivity index (χ2n) is 5.17. The van der Waals surface area contributed by atoms with Gasteiger partial charge in [-0.1, -0.05) is 55.2 Å². The smallest absolute Gasteiger partial charge is 0.123 e. The fourth-order valence-electron chi connectivity index (χ4n) is 1.95. The quantitative estimate of drug-likeness (QED) is 0.672. The standard InChI is InChI=1S/C17H18Cl2O/c1-11(2)13-8-7-12(3)17(9-13)20-10-14-15(18)5-4-6-16(14)19/h4-9,11H,10H2,1-3H3. The summed E-state index contributed by atoms with van der Waals surface area (Å²) in [7, 11) is 0. The van der Waals surface area contributed by atoms with Crippen LogP contribution in [-0.2, 0) is 6.61 Å². The van der Waals surface area contributed by atoms with Crippen molar-refractivity contribution in [3.8, 4) is 5.75 Å². The molecule has 0 aliphatic heterocycles. The Kier molecular flexibility index (Phi) is 4.95. The molecule has 20 heavy (non-hydrogen) atoms. The van der Waals surface area contributed by atoms with Crippen LogP contribution in [0.1, 0.15) is 36.5 Å². The van der Waals surface area contributed by atoms with Crippen molar-refractivity contribution in [1.29, 1.82) is 0 Å². The van der Waals surface area contributed by atoms with Crippen LogP contribution in [-0.4, -0.2) is 0 Å². The van der Waals surface area contributed by atoms with E-state index in [4.69, 9.17) is 27.9 Å². The molecule has 0 amide bonds. The van der Waals surface area contributed by atoms with Crippen molar-refractivity contribution < 1.29 is 4.74 Å². The molecule has 2 aromatic rings. The van der Waals surface area contributed by atoms with Gasteiger partial charge in [-0.25, -0.2) is 0 Å². The fourth-order valence-corrected chi connectivity index (χ4v) is 2.46. The third-order valence-corrected chi connectivity index (χ3v) is 4.02. The average Bonchev–Trinajstić information content (AvgIpc) is 2.39. The minimum absolute atomic E-state index is 0.376. The number of aryl methyl sites for hydroxylation is 1. The van der Waals surface area contributed by atoms with E-state index >= 15 is 0 Å². The molecule has 0 bridgehead atoms. The Bertz CT molecular complexity index is 586. The maximum atomic E-state index is 6.15. The summed E-state index contributed by atoms with van der Waals surface area (Å²) in [6, 6.07) is 11.8.